The fourth-order valence-corrected chi connectivity index (χ4v) is 2.46. The highest BCUT2D eigenvalue weighted by Crippen LogP contribution is 2.32. The highest BCUT2D eigenvalue weighted by atomic mass is 35.5. The number of aromatic amines is 1. The van der Waals surface area contributed by atoms with Gasteiger partial charge in [0.2, 0.25) is 0 Å². The van der Waals surface area contributed by atoms with Crippen LogP contribution in [0.5, 0.6) is 0 Å². The van der Waals surface area contributed by atoms with E-state index in [1.54, 1.807) is 19.1 Å². The number of halogens is 2. The summed E-state index contributed by atoms with van der Waals surface area (Å²) in [6.45, 7) is 1.66. The Hall–Kier alpha value is -1.23. The summed E-state index contributed by atoms with van der Waals surface area (Å²) in [5.41, 5.74) is 1.23. The number of aliphatic hydroxyl groups is 1. The Kier molecular flexibility index (Phi) is 3.80. The third-order valence-electron chi connectivity index (χ3n) is 2.56. The van der Waals surface area contributed by atoms with Crippen LogP contribution < -0.4 is 0 Å². The molecule has 0 radical (unpaired) electrons. The van der Waals surface area contributed by atoms with Gasteiger partial charge in [-0.3, -0.25) is 0 Å². The number of esters is 1. The van der Waals surface area contributed by atoms with Gasteiger partial charge in [-0.25, -0.2) is 4.79 Å². The smallest absolute Gasteiger partial charge is 0.355 e. The van der Waals surface area contributed by atoms with Crippen LogP contribution >= 0.6 is 23.2 Å². The van der Waals surface area contributed by atoms with Crippen molar-refractivity contribution < 1.29 is 14.6 Å². The molecular formula is C12H11Cl2NO3. The molecule has 0 amide bonds. The number of fused-ring (bicyclic) bond motifs is 1. The normalized spacial score (nSPS) is 10.9. The minimum Gasteiger partial charge on any atom is -0.461 e. The maximum Gasteiger partial charge on any atom is 0.355 e. The van der Waals surface area contributed by atoms with Gasteiger partial charge in [-0.1, -0.05) is 23.2 Å². The number of H-pyrrole nitrogens is 1. The lowest BCUT2D eigenvalue weighted by atomic mass is 10.1. The minimum absolute atomic E-state index is 0.207. The van der Waals surface area contributed by atoms with Crippen LogP contribution in [0.25, 0.3) is 10.9 Å². The maximum absolute atomic E-state index is 11.7. The average molecular weight is 288 g/mol. The number of rotatable bonds is 3. The van der Waals surface area contributed by atoms with Crippen molar-refractivity contribution in [2.45, 2.75) is 13.5 Å². The molecule has 2 rings (SSSR count). The average Bonchev–Trinajstić information content (AvgIpc) is 2.67. The highest BCUT2D eigenvalue weighted by Gasteiger charge is 2.20. The SMILES string of the molecule is CCOC(=O)c1[nH]c2cc(Cl)cc(Cl)c2c1CO. The van der Waals surface area contributed by atoms with Crippen molar-refractivity contribution in [3.05, 3.63) is 33.4 Å². The molecule has 2 N–H and O–H groups in total. The minimum atomic E-state index is -0.523. The van der Waals surface area contributed by atoms with Crippen LogP contribution in [0.2, 0.25) is 10.0 Å². The standard InChI is InChI=1S/C12H11Cl2NO3/c1-2-18-12(17)11-7(5-16)10-8(14)3-6(13)4-9(10)15-11/h3-4,15-16H,2,5H2,1H3. The van der Waals surface area contributed by atoms with Gasteiger partial charge in [0.05, 0.1) is 18.2 Å². The molecule has 0 saturated carbocycles. The third-order valence-corrected chi connectivity index (χ3v) is 3.07. The molecule has 0 aliphatic rings. The lowest BCUT2D eigenvalue weighted by molar-refractivity contribution is 0.0517. The van der Waals surface area contributed by atoms with Crippen LogP contribution in [0, 0.1) is 0 Å². The number of aromatic nitrogens is 1. The molecule has 1 heterocycles. The van der Waals surface area contributed by atoms with Crippen molar-refractivity contribution >= 4 is 40.1 Å². The van der Waals surface area contributed by atoms with Crippen LogP contribution in [0.1, 0.15) is 23.0 Å². The first-order valence-electron chi connectivity index (χ1n) is 5.36. The first-order valence-corrected chi connectivity index (χ1v) is 6.11. The summed E-state index contributed by atoms with van der Waals surface area (Å²) >= 11 is 12.0. The molecule has 96 valence electrons. The van der Waals surface area contributed by atoms with Crippen LogP contribution in [-0.2, 0) is 11.3 Å². The molecule has 0 bridgehead atoms. The van der Waals surface area contributed by atoms with Gasteiger partial charge in [0, 0.05) is 21.5 Å². The number of carbonyl (C=O) groups excluding carboxylic acids is 1. The van der Waals surface area contributed by atoms with Crippen LogP contribution in [0.4, 0.5) is 0 Å². The Morgan fingerprint density at radius 3 is 2.78 bits per heavy atom. The summed E-state index contributed by atoms with van der Waals surface area (Å²) in [5.74, 6) is -0.523. The lowest BCUT2D eigenvalue weighted by Gasteiger charge is -2.02. The largest absolute Gasteiger partial charge is 0.461 e. The molecular weight excluding hydrogens is 277 g/mol. The summed E-state index contributed by atoms with van der Waals surface area (Å²) in [7, 11) is 0. The van der Waals surface area contributed by atoms with Crippen LogP contribution in [0.15, 0.2) is 12.1 Å². The van der Waals surface area contributed by atoms with Crippen molar-refractivity contribution in [3.63, 3.8) is 0 Å². The van der Waals surface area contributed by atoms with Gasteiger partial charge in [0.15, 0.2) is 0 Å². The fraction of sp³-hybridized carbons (Fsp3) is 0.250. The van der Waals surface area contributed by atoms with E-state index in [0.717, 1.165) is 0 Å². The van der Waals surface area contributed by atoms with E-state index in [1.807, 2.05) is 0 Å². The summed E-state index contributed by atoms with van der Waals surface area (Å²) in [6, 6.07) is 3.21. The molecule has 0 saturated heterocycles. The second-order valence-electron chi connectivity index (χ2n) is 3.67. The molecule has 18 heavy (non-hydrogen) atoms. The zero-order valence-corrected chi connectivity index (χ0v) is 11.1. The summed E-state index contributed by atoms with van der Waals surface area (Å²) in [5, 5.41) is 10.8. The predicted octanol–water partition coefficient (Wildman–Crippen LogP) is 3.14. The van der Waals surface area contributed by atoms with E-state index < -0.39 is 5.97 Å². The summed E-state index contributed by atoms with van der Waals surface area (Å²) in [6.07, 6.45) is 0. The third kappa shape index (κ3) is 2.19. The second-order valence-corrected chi connectivity index (χ2v) is 4.51. The van der Waals surface area contributed by atoms with E-state index in [-0.39, 0.29) is 18.9 Å². The van der Waals surface area contributed by atoms with Crippen molar-refractivity contribution in [1.29, 1.82) is 0 Å². The van der Waals surface area contributed by atoms with Gasteiger partial charge in [-0.2, -0.15) is 0 Å². The molecule has 0 aliphatic carbocycles. The first kappa shape index (κ1) is 13.2. The number of nitrogens with one attached hydrogen (secondary N) is 1. The quantitative estimate of drug-likeness (QED) is 0.853. The fourth-order valence-electron chi connectivity index (χ4n) is 1.85. The Balaban J connectivity index is 2.68. The molecule has 0 spiro atoms. The highest BCUT2D eigenvalue weighted by molar-refractivity contribution is 6.39. The Morgan fingerprint density at radius 1 is 1.44 bits per heavy atom. The topological polar surface area (TPSA) is 62.3 Å². The summed E-state index contributed by atoms with van der Waals surface area (Å²) < 4.78 is 4.91. The van der Waals surface area contributed by atoms with Gasteiger partial charge in [-0.05, 0) is 19.1 Å². The number of hydrogen-bond acceptors (Lipinski definition) is 3. The number of hydrogen-bond donors (Lipinski definition) is 2. The lowest BCUT2D eigenvalue weighted by Crippen LogP contribution is -2.07. The van der Waals surface area contributed by atoms with Crippen molar-refractivity contribution in [2.75, 3.05) is 6.61 Å². The van der Waals surface area contributed by atoms with Crippen LogP contribution in [-0.4, -0.2) is 22.7 Å². The van der Waals surface area contributed by atoms with Crippen molar-refractivity contribution in [1.82, 2.24) is 4.98 Å². The van der Waals surface area contributed by atoms with E-state index in [1.165, 1.54) is 0 Å². The molecule has 2 aromatic rings. The van der Waals surface area contributed by atoms with Crippen molar-refractivity contribution in [2.24, 2.45) is 0 Å². The van der Waals surface area contributed by atoms with Gasteiger partial charge >= 0.3 is 5.97 Å². The van der Waals surface area contributed by atoms with Crippen molar-refractivity contribution in [3.8, 4) is 0 Å². The Morgan fingerprint density at radius 2 is 2.17 bits per heavy atom. The molecule has 0 unspecified atom stereocenters. The van der Waals surface area contributed by atoms with E-state index in [2.05, 4.69) is 4.98 Å². The second kappa shape index (κ2) is 5.18. The van der Waals surface area contributed by atoms with E-state index in [4.69, 9.17) is 27.9 Å². The predicted molar refractivity (Wildman–Crippen MR) is 70.2 cm³/mol. The van der Waals surface area contributed by atoms with Gasteiger partial charge in [0.1, 0.15) is 5.69 Å². The number of aliphatic hydroxyl groups excluding tert-OH is 1. The molecule has 4 nitrogen and oxygen atoms in total. The van der Waals surface area contributed by atoms with Crippen LogP contribution in [0.3, 0.4) is 0 Å². The monoisotopic (exact) mass is 287 g/mol. The zero-order valence-electron chi connectivity index (χ0n) is 9.59. The van der Waals surface area contributed by atoms with Gasteiger partial charge < -0.3 is 14.8 Å². The first-order chi connectivity index (χ1) is 8.58. The molecule has 6 heteroatoms. The molecule has 0 atom stereocenters. The van der Waals surface area contributed by atoms with Gasteiger partial charge in [0.25, 0.3) is 0 Å². The summed E-state index contributed by atoms with van der Waals surface area (Å²) in [4.78, 5) is 14.6. The van der Waals surface area contributed by atoms with E-state index in [9.17, 15) is 9.90 Å². The maximum atomic E-state index is 11.7. The van der Waals surface area contributed by atoms with E-state index >= 15 is 0 Å². The Bertz CT molecular complexity index is 607. The molecule has 1 aromatic carbocycles. The van der Waals surface area contributed by atoms with Gasteiger partial charge in [-0.15, -0.1) is 0 Å². The zero-order chi connectivity index (χ0) is 13.3. The number of ether oxygens (including phenoxy) is 1. The molecule has 0 aliphatic heterocycles. The molecule has 1 aromatic heterocycles. The molecule has 0 fully saturated rings. The number of carbonyl (C=O) groups is 1. The Labute approximate surface area is 113 Å². The number of benzene rings is 1. The van der Waals surface area contributed by atoms with E-state index in [0.29, 0.717) is 26.5 Å².